The largest absolute Gasteiger partial charge is 0.384 e. The molecule has 2 heterocycles. The highest BCUT2D eigenvalue weighted by Gasteiger charge is 2.09. The Morgan fingerprint density at radius 1 is 1.22 bits per heavy atom. The van der Waals surface area contributed by atoms with Crippen LogP contribution in [0.5, 0.6) is 0 Å². The highest BCUT2D eigenvalue weighted by atomic mass is 79.9. The summed E-state index contributed by atoms with van der Waals surface area (Å²) in [6.07, 6.45) is 0. The van der Waals surface area contributed by atoms with Crippen LogP contribution >= 0.6 is 15.9 Å². The van der Waals surface area contributed by atoms with Gasteiger partial charge in [-0.05, 0) is 36.8 Å². The molecule has 0 aliphatic carbocycles. The Bertz CT molecular complexity index is 733. The van der Waals surface area contributed by atoms with Gasteiger partial charge in [-0.3, -0.25) is 0 Å². The van der Waals surface area contributed by atoms with Crippen molar-refractivity contribution < 1.29 is 0 Å². The minimum absolute atomic E-state index is 0.492. The second-order valence-electron chi connectivity index (χ2n) is 4.15. The summed E-state index contributed by atoms with van der Waals surface area (Å²) in [5, 5.41) is 0. The highest BCUT2D eigenvalue weighted by molar-refractivity contribution is 9.10. The molecule has 0 unspecified atom stereocenters. The normalized spacial score (nSPS) is 11.0. The summed E-state index contributed by atoms with van der Waals surface area (Å²) in [6, 6.07) is 9.56. The lowest BCUT2D eigenvalue weighted by Crippen LogP contribution is -1.92. The molecule has 3 rings (SSSR count). The molecular formula is C13H11BrN4. The van der Waals surface area contributed by atoms with Crippen molar-refractivity contribution in [2.24, 2.45) is 0 Å². The zero-order valence-corrected chi connectivity index (χ0v) is 11.3. The van der Waals surface area contributed by atoms with Crippen LogP contribution in [0.1, 0.15) is 5.56 Å². The van der Waals surface area contributed by atoms with E-state index < -0.39 is 0 Å². The van der Waals surface area contributed by atoms with Gasteiger partial charge < -0.3 is 10.7 Å². The molecule has 0 radical (unpaired) electrons. The number of nitrogens with two attached hydrogens (primary N) is 1. The van der Waals surface area contributed by atoms with Crippen LogP contribution in [-0.2, 0) is 0 Å². The fourth-order valence-electron chi connectivity index (χ4n) is 1.95. The molecule has 5 heteroatoms. The molecule has 0 atom stereocenters. The zero-order chi connectivity index (χ0) is 12.7. The minimum atomic E-state index is 0.492. The number of fused-ring (bicyclic) bond motifs is 1. The lowest BCUT2D eigenvalue weighted by molar-refractivity contribution is 1.24. The summed E-state index contributed by atoms with van der Waals surface area (Å²) in [7, 11) is 0. The summed E-state index contributed by atoms with van der Waals surface area (Å²) in [5.74, 6) is 1.23. The third-order valence-electron chi connectivity index (χ3n) is 2.76. The number of aromatic nitrogens is 3. The van der Waals surface area contributed by atoms with Gasteiger partial charge in [-0.1, -0.05) is 22.0 Å². The van der Waals surface area contributed by atoms with Gasteiger partial charge in [0.25, 0.3) is 0 Å². The van der Waals surface area contributed by atoms with E-state index in [-0.39, 0.29) is 0 Å². The Kier molecular flexibility index (Phi) is 2.56. The lowest BCUT2D eigenvalue weighted by Gasteiger charge is -1.96. The van der Waals surface area contributed by atoms with Crippen LogP contribution < -0.4 is 5.73 Å². The number of nitrogen functional groups attached to an aromatic ring is 1. The van der Waals surface area contributed by atoms with E-state index in [4.69, 9.17) is 5.73 Å². The van der Waals surface area contributed by atoms with Crippen LogP contribution in [0.25, 0.3) is 22.6 Å². The molecule has 0 fully saturated rings. The fraction of sp³-hybridized carbons (Fsp3) is 0.0769. The van der Waals surface area contributed by atoms with E-state index in [1.54, 1.807) is 6.07 Å². The Balaban J connectivity index is 2.22. The Morgan fingerprint density at radius 3 is 2.83 bits per heavy atom. The van der Waals surface area contributed by atoms with Gasteiger partial charge in [-0.2, -0.15) is 0 Å². The van der Waals surface area contributed by atoms with Gasteiger partial charge in [0.2, 0.25) is 0 Å². The number of anilines is 1. The quantitative estimate of drug-likeness (QED) is 0.725. The van der Waals surface area contributed by atoms with Gasteiger partial charge in [0.15, 0.2) is 5.82 Å². The molecule has 90 valence electrons. The maximum atomic E-state index is 5.68. The molecule has 0 saturated carbocycles. The van der Waals surface area contributed by atoms with Crippen molar-refractivity contribution in [1.29, 1.82) is 0 Å². The van der Waals surface area contributed by atoms with E-state index in [9.17, 15) is 0 Å². The topological polar surface area (TPSA) is 67.6 Å². The third-order valence-corrected chi connectivity index (χ3v) is 3.21. The van der Waals surface area contributed by atoms with Crippen molar-refractivity contribution in [1.82, 2.24) is 15.0 Å². The summed E-state index contributed by atoms with van der Waals surface area (Å²) < 4.78 is 1.03. The van der Waals surface area contributed by atoms with Crippen LogP contribution in [0, 0.1) is 6.92 Å². The molecule has 3 aromatic rings. The number of hydrogen-bond acceptors (Lipinski definition) is 3. The SMILES string of the molecule is Cc1cc(Br)cc2[nH]c(-c3cccc(N)n3)nc12. The number of benzene rings is 1. The van der Waals surface area contributed by atoms with E-state index in [2.05, 4.69) is 30.9 Å². The van der Waals surface area contributed by atoms with E-state index in [0.717, 1.165) is 32.6 Å². The molecule has 4 nitrogen and oxygen atoms in total. The van der Waals surface area contributed by atoms with Gasteiger partial charge >= 0.3 is 0 Å². The smallest absolute Gasteiger partial charge is 0.157 e. The Labute approximate surface area is 112 Å². The average Bonchev–Trinajstić information content (AvgIpc) is 2.73. The fourth-order valence-corrected chi connectivity index (χ4v) is 2.52. The second-order valence-corrected chi connectivity index (χ2v) is 5.07. The van der Waals surface area contributed by atoms with E-state index >= 15 is 0 Å². The zero-order valence-electron chi connectivity index (χ0n) is 9.74. The van der Waals surface area contributed by atoms with Gasteiger partial charge in [0.1, 0.15) is 11.5 Å². The van der Waals surface area contributed by atoms with E-state index in [1.165, 1.54) is 0 Å². The first-order chi connectivity index (χ1) is 8.63. The number of rotatable bonds is 1. The monoisotopic (exact) mass is 302 g/mol. The van der Waals surface area contributed by atoms with Crippen molar-refractivity contribution in [3.63, 3.8) is 0 Å². The van der Waals surface area contributed by atoms with Crippen LogP contribution in [0.2, 0.25) is 0 Å². The number of halogens is 1. The molecule has 0 amide bonds. The van der Waals surface area contributed by atoms with Crippen LogP contribution in [-0.4, -0.2) is 15.0 Å². The van der Waals surface area contributed by atoms with Crippen molar-refractivity contribution in [3.8, 4) is 11.5 Å². The number of nitrogens with zero attached hydrogens (tertiary/aromatic N) is 2. The molecule has 0 saturated heterocycles. The summed E-state index contributed by atoms with van der Waals surface area (Å²) >= 11 is 3.48. The first kappa shape index (κ1) is 11.2. The molecule has 1 aromatic carbocycles. The standard InChI is InChI=1S/C13H11BrN4/c1-7-5-8(14)6-10-12(7)18-13(17-10)9-3-2-4-11(15)16-9/h2-6H,1H3,(H2,15,16)(H,17,18). The number of imidazole rings is 1. The maximum Gasteiger partial charge on any atom is 0.157 e. The minimum Gasteiger partial charge on any atom is -0.384 e. The number of hydrogen-bond donors (Lipinski definition) is 2. The van der Waals surface area contributed by atoms with E-state index in [0.29, 0.717) is 5.82 Å². The molecule has 2 aromatic heterocycles. The van der Waals surface area contributed by atoms with Gasteiger partial charge in [0.05, 0.1) is 11.0 Å². The summed E-state index contributed by atoms with van der Waals surface area (Å²) in [4.78, 5) is 12.1. The number of nitrogens with one attached hydrogen (secondary N) is 1. The van der Waals surface area contributed by atoms with Crippen LogP contribution in [0.3, 0.4) is 0 Å². The number of aryl methyl sites for hydroxylation is 1. The molecule has 0 aliphatic rings. The first-order valence-corrected chi connectivity index (χ1v) is 6.31. The third kappa shape index (κ3) is 1.86. The first-order valence-electron chi connectivity index (χ1n) is 5.52. The van der Waals surface area contributed by atoms with Gasteiger partial charge in [0, 0.05) is 4.47 Å². The molecule has 0 bridgehead atoms. The summed E-state index contributed by atoms with van der Waals surface area (Å²) in [6.45, 7) is 2.03. The Hall–Kier alpha value is -1.88. The van der Waals surface area contributed by atoms with Crippen LogP contribution in [0.4, 0.5) is 5.82 Å². The second kappa shape index (κ2) is 4.10. The van der Waals surface area contributed by atoms with Gasteiger partial charge in [-0.25, -0.2) is 9.97 Å². The molecule has 18 heavy (non-hydrogen) atoms. The number of aromatic amines is 1. The maximum absolute atomic E-state index is 5.68. The predicted octanol–water partition coefficient (Wildman–Crippen LogP) is 3.28. The van der Waals surface area contributed by atoms with Crippen molar-refractivity contribution in [2.45, 2.75) is 6.92 Å². The van der Waals surface area contributed by atoms with Crippen molar-refractivity contribution in [2.75, 3.05) is 5.73 Å². The molecule has 0 spiro atoms. The Morgan fingerprint density at radius 2 is 2.06 bits per heavy atom. The van der Waals surface area contributed by atoms with E-state index in [1.807, 2.05) is 31.2 Å². The molecular weight excluding hydrogens is 292 g/mol. The van der Waals surface area contributed by atoms with Crippen molar-refractivity contribution >= 4 is 32.8 Å². The number of pyridine rings is 1. The number of H-pyrrole nitrogens is 1. The highest BCUT2D eigenvalue weighted by Crippen LogP contribution is 2.25. The van der Waals surface area contributed by atoms with Crippen LogP contribution in [0.15, 0.2) is 34.8 Å². The van der Waals surface area contributed by atoms with Crippen molar-refractivity contribution in [3.05, 3.63) is 40.4 Å². The molecule has 0 aliphatic heterocycles. The lowest BCUT2D eigenvalue weighted by atomic mass is 10.2. The molecule has 3 N–H and O–H groups in total. The predicted molar refractivity (Wildman–Crippen MR) is 76.2 cm³/mol. The van der Waals surface area contributed by atoms with Gasteiger partial charge in [-0.15, -0.1) is 0 Å². The average molecular weight is 303 g/mol. The summed E-state index contributed by atoms with van der Waals surface area (Å²) in [5.41, 5.74) is 9.50.